The third-order valence-electron chi connectivity index (χ3n) is 4.96. The molecule has 8 nitrogen and oxygen atoms in total. The van der Waals surface area contributed by atoms with Crippen molar-refractivity contribution >= 4 is 15.8 Å². The maximum Gasteiger partial charge on any atom is 0.416 e. The van der Waals surface area contributed by atoms with Crippen LogP contribution in [0.2, 0.25) is 0 Å². The van der Waals surface area contributed by atoms with E-state index in [1.165, 1.54) is 16.7 Å². The van der Waals surface area contributed by atoms with Crippen LogP contribution >= 0.6 is 0 Å². The number of sulfonamides is 1. The minimum absolute atomic E-state index is 0.124. The standard InChI is InChI=1S/C19H19F3N6O2S/c1-14-5-6-28(25-14)18-12-17(23-13-24-18)26-7-9-27(10-8-26)31(29,30)16-4-2-3-15(11-16)19(20,21)22/h2-6,11-13H,7-10H2,1H3. The lowest BCUT2D eigenvalue weighted by molar-refractivity contribution is -0.137. The first-order valence-corrected chi connectivity index (χ1v) is 10.9. The summed E-state index contributed by atoms with van der Waals surface area (Å²) in [5.74, 6) is 1.20. The zero-order valence-electron chi connectivity index (χ0n) is 16.5. The molecule has 0 N–H and O–H groups in total. The summed E-state index contributed by atoms with van der Waals surface area (Å²) in [7, 11) is -4.04. The lowest BCUT2D eigenvalue weighted by Gasteiger charge is -2.34. The van der Waals surface area contributed by atoms with Gasteiger partial charge in [0.05, 0.1) is 16.2 Å². The second-order valence-corrected chi connectivity index (χ2v) is 8.99. The third-order valence-corrected chi connectivity index (χ3v) is 6.85. The number of rotatable bonds is 4. The van der Waals surface area contributed by atoms with Gasteiger partial charge in [0, 0.05) is 38.4 Å². The second-order valence-electron chi connectivity index (χ2n) is 7.05. The van der Waals surface area contributed by atoms with Gasteiger partial charge in [-0.05, 0) is 31.2 Å². The Balaban J connectivity index is 1.49. The van der Waals surface area contributed by atoms with Gasteiger partial charge in [-0.1, -0.05) is 6.07 Å². The van der Waals surface area contributed by atoms with Crippen molar-refractivity contribution < 1.29 is 21.6 Å². The molecular weight excluding hydrogens is 433 g/mol. The van der Waals surface area contributed by atoms with E-state index >= 15 is 0 Å². The topological polar surface area (TPSA) is 84.2 Å². The Morgan fingerprint density at radius 1 is 0.968 bits per heavy atom. The molecule has 3 aromatic rings. The van der Waals surface area contributed by atoms with E-state index in [0.717, 1.165) is 17.8 Å². The molecule has 2 aromatic heterocycles. The summed E-state index contributed by atoms with van der Waals surface area (Å²) >= 11 is 0. The highest BCUT2D eigenvalue weighted by molar-refractivity contribution is 7.89. The van der Waals surface area contributed by atoms with E-state index in [1.54, 1.807) is 16.9 Å². The highest BCUT2D eigenvalue weighted by atomic mass is 32.2. The monoisotopic (exact) mass is 452 g/mol. The van der Waals surface area contributed by atoms with Crippen LogP contribution in [-0.4, -0.2) is 58.7 Å². The van der Waals surface area contributed by atoms with Crippen molar-refractivity contribution in [2.75, 3.05) is 31.1 Å². The van der Waals surface area contributed by atoms with E-state index in [0.29, 0.717) is 30.8 Å². The van der Waals surface area contributed by atoms with Gasteiger partial charge < -0.3 is 4.90 Å². The molecule has 4 rings (SSSR count). The van der Waals surface area contributed by atoms with Crippen LogP contribution in [0.25, 0.3) is 5.82 Å². The molecule has 1 fully saturated rings. The minimum atomic E-state index is -4.61. The highest BCUT2D eigenvalue weighted by Gasteiger charge is 2.34. The number of nitrogens with zero attached hydrogens (tertiary/aromatic N) is 6. The lowest BCUT2D eigenvalue weighted by Crippen LogP contribution is -2.49. The fraction of sp³-hybridized carbons (Fsp3) is 0.316. The van der Waals surface area contributed by atoms with Crippen LogP contribution in [0.4, 0.5) is 19.0 Å². The van der Waals surface area contributed by atoms with Crippen molar-refractivity contribution in [3.05, 3.63) is 60.2 Å². The summed E-state index contributed by atoms with van der Waals surface area (Å²) in [4.78, 5) is 10.0. The van der Waals surface area contributed by atoms with Crippen LogP contribution in [0.1, 0.15) is 11.3 Å². The minimum Gasteiger partial charge on any atom is -0.354 e. The van der Waals surface area contributed by atoms with Crippen molar-refractivity contribution in [3.8, 4) is 5.82 Å². The summed E-state index contributed by atoms with van der Waals surface area (Å²) in [6.07, 6.45) is -1.42. The van der Waals surface area contributed by atoms with E-state index in [2.05, 4.69) is 15.1 Å². The summed E-state index contributed by atoms with van der Waals surface area (Å²) in [6, 6.07) is 7.41. The molecule has 0 bridgehead atoms. The Kier molecular flexibility index (Phi) is 5.43. The largest absolute Gasteiger partial charge is 0.416 e. The number of hydrogen-bond acceptors (Lipinski definition) is 6. The molecule has 0 saturated carbocycles. The van der Waals surface area contributed by atoms with E-state index in [-0.39, 0.29) is 18.0 Å². The number of piperazine rings is 1. The zero-order valence-corrected chi connectivity index (χ0v) is 17.3. The quantitative estimate of drug-likeness (QED) is 0.605. The van der Waals surface area contributed by atoms with Gasteiger partial charge in [0.1, 0.15) is 12.1 Å². The van der Waals surface area contributed by atoms with Crippen LogP contribution in [0.3, 0.4) is 0 Å². The molecule has 1 aliphatic rings. The maximum absolute atomic E-state index is 13.0. The fourth-order valence-corrected chi connectivity index (χ4v) is 4.79. The Bertz CT molecular complexity index is 1190. The Morgan fingerprint density at radius 3 is 2.32 bits per heavy atom. The fourth-order valence-electron chi connectivity index (χ4n) is 3.32. The van der Waals surface area contributed by atoms with Crippen LogP contribution in [-0.2, 0) is 16.2 Å². The smallest absolute Gasteiger partial charge is 0.354 e. The molecule has 0 radical (unpaired) electrons. The van der Waals surface area contributed by atoms with Crippen LogP contribution in [0.15, 0.2) is 53.8 Å². The molecule has 164 valence electrons. The van der Waals surface area contributed by atoms with Crippen molar-refractivity contribution in [1.82, 2.24) is 24.1 Å². The van der Waals surface area contributed by atoms with E-state index in [9.17, 15) is 21.6 Å². The van der Waals surface area contributed by atoms with Crippen LogP contribution in [0.5, 0.6) is 0 Å². The molecule has 1 aromatic carbocycles. The normalized spacial score (nSPS) is 15.9. The van der Waals surface area contributed by atoms with Crippen LogP contribution < -0.4 is 4.90 Å². The van der Waals surface area contributed by atoms with Crippen molar-refractivity contribution in [2.24, 2.45) is 0 Å². The summed E-state index contributed by atoms with van der Waals surface area (Å²) in [6.45, 7) is 2.79. The lowest BCUT2D eigenvalue weighted by atomic mass is 10.2. The molecule has 0 spiro atoms. The Hall–Kier alpha value is -2.99. The number of alkyl halides is 3. The number of aryl methyl sites for hydroxylation is 1. The summed E-state index contributed by atoms with van der Waals surface area (Å²) in [5.41, 5.74) is -0.150. The predicted octanol–water partition coefficient (Wildman–Crippen LogP) is 2.50. The number of halogens is 3. The van der Waals surface area contributed by atoms with Gasteiger partial charge in [0.15, 0.2) is 5.82 Å². The van der Waals surface area contributed by atoms with Gasteiger partial charge in [0.25, 0.3) is 0 Å². The highest BCUT2D eigenvalue weighted by Crippen LogP contribution is 2.31. The Labute approximate surface area is 177 Å². The molecule has 1 aliphatic heterocycles. The number of anilines is 1. The average Bonchev–Trinajstić information content (AvgIpc) is 3.20. The molecule has 0 aliphatic carbocycles. The van der Waals surface area contributed by atoms with E-state index in [4.69, 9.17) is 0 Å². The van der Waals surface area contributed by atoms with Gasteiger partial charge in [0.2, 0.25) is 10.0 Å². The average molecular weight is 452 g/mol. The van der Waals surface area contributed by atoms with Gasteiger partial charge in [-0.3, -0.25) is 0 Å². The molecule has 12 heteroatoms. The molecule has 0 unspecified atom stereocenters. The number of benzene rings is 1. The van der Waals surface area contributed by atoms with Gasteiger partial charge in [-0.15, -0.1) is 0 Å². The number of hydrogen-bond donors (Lipinski definition) is 0. The van der Waals surface area contributed by atoms with Crippen molar-refractivity contribution in [1.29, 1.82) is 0 Å². The summed E-state index contributed by atoms with van der Waals surface area (Å²) < 4.78 is 67.4. The molecule has 0 amide bonds. The molecule has 31 heavy (non-hydrogen) atoms. The van der Waals surface area contributed by atoms with E-state index in [1.807, 2.05) is 17.9 Å². The molecular formula is C19H19F3N6O2S. The van der Waals surface area contributed by atoms with Gasteiger partial charge in [-0.2, -0.15) is 22.6 Å². The van der Waals surface area contributed by atoms with Gasteiger partial charge >= 0.3 is 6.18 Å². The van der Waals surface area contributed by atoms with E-state index < -0.39 is 21.8 Å². The molecule has 0 atom stereocenters. The number of aromatic nitrogens is 4. The second kappa shape index (κ2) is 7.93. The first-order valence-electron chi connectivity index (χ1n) is 9.42. The zero-order chi connectivity index (χ0) is 22.2. The van der Waals surface area contributed by atoms with Crippen LogP contribution in [0, 0.1) is 6.92 Å². The van der Waals surface area contributed by atoms with Gasteiger partial charge in [-0.25, -0.2) is 23.1 Å². The predicted molar refractivity (Wildman–Crippen MR) is 106 cm³/mol. The maximum atomic E-state index is 13.0. The first kappa shape index (κ1) is 21.2. The van der Waals surface area contributed by atoms with Crippen molar-refractivity contribution in [2.45, 2.75) is 18.0 Å². The third kappa shape index (κ3) is 4.39. The van der Waals surface area contributed by atoms with Crippen molar-refractivity contribution in [3.63, 3.8) is 0 Å². The SMILES string of the molecule is Cc1ccn(-c2cc(N3CCN(S(=O)(=O)c4cccc(C(F)(F)F)c4)CC3)ncn2)n1. The Morgan fingerprint density at radius 2 is 1.68 bits per heavy atom. The molecule has 1 saturated heterocycles. The summed E-state index contributed by atoms with van der Waals surface area (Å²) in [5, 5.41) is 4.31. The first-order chi connectivity index (χ1) is 14.6. The molecule has 3 heterocycles.